The fourth-order valence-corrected chi connectivity index (χ4v) is 8.69. The normalized spacial score (nSPS) is 23.3. The lowest BCUT2D eigenvalue weighted by Gasteiger charge is -2.33. The summed E-state index contributed by atoms with van der Waals surface area (Å²) in [6.45, 7) is -1.70. The van der Waals surface area contributed by atoms with E-state index in [4.69, 9.17) is 28.4 Å². The first kappa shape index (κ1) is 44.4. The van der Waals surface area contributed by atoms with Gasteiger partial charge in [-0.3, -0.25) is 58.0 Å². The summed E-state index contributed by atoms with van der Waals surface area (Å²) >= 11 is 0. The second-order valence-electron chi connectivity index (χ2n) is 15.9. The zero-order valence-electron chi connectivity index (χ0n) is 35.5. The first-order chi connectivity index (χ1) is 32.1. The maximum Gasteiger partial charge on any atom is 0.261 e. The molecule has 0 spiro atoms. The number of amides is 8. The third kappa shape index (κ3) is 8.57. The lowest BCUT2D eigenvalue weighted by molar-refractivity contribution is -0.121. The van der Waals surface area contributed by atoms with Gasteiger partial charge in [0.05, 0.1) is 124 Å². The fraction of sp³-hybridized carbons (Fsp3) is 0.333. The van der Waals surface area contributed by atoms with Gasteiger partial charge >= 0.3 is 0 Å². The van der Waals surface area contributed by atoms with Gasteiger partial charge in [0, 0.05) is 0 Å². The number of rotatable bonds is 8. The number of carbonyl (C=O) groups excluding carboxylic acids is 8. The number of fused-ring (bicyclic) bond motifs is 4. The lowest BCUT2D eigenvalue weighted by atomic mass is 10.1. The van der Waals surface area contributed by atoms with E-state index in [0.717, 1.165) is 19.6 Å². The van der Waals surface area contributed by atoms with Crippen molar-refractivity contribution >= 4 is 47.3 Å². The van der Waals surface area contributed by atoms with Crippen molar-refractivity contribution in [2.75, 3.05) is 79.0 Å². The minimum atomic E-state index is -1.06. The molecule has 1 saturated heterocycles. The van der Waals surface area contributed by atoms with E-state index in [9.17, 15) is 38.4 Å². The zero-order chi connectivity index (χ0) is 45.9. The van der Waals surface area contributed by atoms with Gasteiger partial charge < -0.3 is 28.4 Å². The molecule has 4 aromatic carbocycles. The highest BCUT2D eigenvalue weighted by Gasteiger charge is 2.44. The van der Waals surface area contributed by atoms with E-state index >= 15 is 0 Å². The molecule has 5 aliphatic rings. The molecule has 5 heterocycles. The van der Waals surface area contributed by atoms with Gasteiger partial charge in [-0.1, -0.05) is 48.5 Å². The Kier molecular flexibility index (Phi) is 13.0. The SMILES string of the molecule is O=C1c2ccccc2C(=O)N1CC1OCCOCCOC(CN2C(=O)c3ccccc3C2=O)C(CN2C(=O)c3ccccc3C2=O)OCCOCCOC1CN1C(=O)c2ccccc2C1=O. The van der Waals surface area contributed by atoms with Crippen LogP contribution < -0.4 is 0 Å². The molecule has 0 N–H and O–H groups in total. The minimum Gasteiger partial charge on any atom is -0.377 e. The molecule has 0 bridgehead atoms. The number of benzene rings is 4. The van der Waals surface area contributed by atoms with Crippen LogP contribution in [-0.2, 0) is 28.4 Å². The van der Waals surface area contributed by atoms with Crippen molar-refractivity contribution in [3.63, 3.8) is 0 Å². The fourth-order valence-electron chi connectivity index (χ4n) is 8.69. The Morgan fingerprint density at radius 1 is 0.288 bits per heavy atom. The Labute approximate surface area is 377 Å². The third-order valence-corrected chi connectivity index (χ3v) is 12.0. The van der Waals surface area contributed by atoms with Crippen molar-refractivity contribution in [2.45, 2.75) is 24.4 Å². The second-order valence-corrected chi connectivity index (χ2v) is 15.9. The lowest BCUT2D eigenvalue weighted by Crippen LogP contribution is -2.50. The molecule has 18 nitrogen and oxygen atoms in total. The van der Waals surface area contributed by atoms with Crippen LogP contribution in [0.4, 0.5) is 0 Å². The smallest absolute Gasteiger partial charge is 0.261 e. The summed E-state index contributed by atoms with van der Waals surface area (Å²) in [5.74, 6) is -4.28. The quantitative estimate of drug-likeness (QED) is 0.234. The van der Waals surface area contributed by atoms with E-state index in [1.807, 2.05) is 0 Å². The van der Waals surface area contributed by atoms with E-state index < -0.39 is 71.7 Å². The predicted molar refractivity (Wildman–Crippen MR) is 228 cm³/mol. The summed E-state index contributed by atoms with van der Waals surface area (Å²) in [4.78, 5) is 113. The van der Waals surface area contributed by atoms with E-state index in [1.54, 1.807) is 97.1 Å². The molecule has 5 aliphatic heterocycles. The Morgan fingerprint density at radius 3 is 0.621 bits per heavy atom. The van der Waals surface area contributed by atoms with E-state index in [2.05, 4.69) is 0 Å². The van der Waals surface area contributed by atoms with Crippen LogP contribution in [0.3, 0.4) is 0 Å². The molecular formula is C48H44N4O14. The number of imide groups is 4. The number of hydrogen-bond acceptors (Lipinski definition) is 14. The van der Waals surface area contributed by atoms with Crippen LogP contribution in [0.2, 0.25) is 0 Å². The molecule has 9 rings (SSSR count). The monoisotopic (exact) mass is 900 g/mol. The number of ether oxygens (including phenoxy) is 6. The maximum atomic E-state index is 13.6. The van der Waals surface area contributed by atoms with Gasteiger partial charge in [-0.15, -0.1) is 0 Å². The molecule has 340 valence electrons. The van der Waals surface area contributed by atoms with Gasteiger partial charge in [0.15, 0.2) is 0 Å². The third-order valence-electron chi connectivity index (χ3n) is 12.0. The van der Waals surface area contributed by atoms with Gasteiger partial charge in [0.2, 0.25) is 0 Å². The molecule has 1 fully saturated rings. The average Bonchev–Trinajstić information content (AvgIpc) is 3.92. The molecule has 18 heteroatoms. The molecule has 8 amide bonds. The van der Waals surface area contributed by atoms with Gasteiger partial charge in [-0.25, -0.2) is 0 Å². The predicted octanol–water partition coefficient (Wildman–Crippen LogP) is 2.76. The summed E-state index contributed by atoms with van der Waals surface area (Å²) in [6, 6.07) is 25.7. The Bertz CT molecular complexity index is 2120. The van der Waals surface area contributed by atoms with Crippen molar-refractivity contribution in [1.29, 1.82) is 0 Å². The van der Waals surface area contributed by atoms with Crippen molar-refractivity contribution in [3.8, 4) is 0 Å². The van der Waals surface area contributed by atoms with Gasteiger partial charge in [-0.2, -0.15) is 0 Å². The molecular weight excluding hydrogens is 857 g/mol. The molecule has 0 radical (unpaired) electrons. The maximum absolute atomic E-state index is 13.6. The highest BCUT2D eigenvalue weighted by atomic mass is 16.6. The first-order valence-corrected chi connectivity index (χ1v) is 21.5. The second kappa shape index (κ2) is 19.4. The average molecular weight is 901 g/mol. The van der Waals surface area contributed by atoms with Crippen LogP contribution in [0, 0.1) is 0 Å². The Hall–Kier alpha value is -6.80. The van der Waals surface area contributed by atoms with Gasteiger partial charge in [-0.05, 0) is 48.5 Å². The minimum absolute atomic E-state index is 0.0388. The summed E-state index contributed by atoms with van der Waals surface area (Å²) in [7, 11) is 0. The molecule has 0 aliphatic carbocycles. The van der Waals surface area contributed by atoms with E-state index in [0.29, 0.717) is 0 Å². The van der Waals surface area contributed by atoms with Crippen molar-refractivity contribution < 1.29 is 66.8 Å². The largest absolute Gasteiger partial charge is 0.377 e. The molecule has 4 atom stereocenters. The van der Waals surface area contributed by atoms with Crippen LogP contribution in [-0.4, -0.2) is 170 Å². The van der Waals surface area contributed by atoms with Gasteiger partial charge in [0.1, 0.15) is 24.4 Å². The number of nitrogens with zero attached hydrogens (tertiary/aromatic N) is 4. The Morgan fingerprint density at radius 2 is 0.455 bits per heavy atom. The molecule has 4 unspecified atom stereocenters. The van der Waals surface area contributed by atoms with E-state index in [-0.39, 0.29) is 124 Å². The zero-order valence-corrected chi connectivity index (χ0v) is 35.5. The van der Waals surface area contributed by atoms with Crippen LogP contribution in [0.15, 0.2) is 97.1 Å². The number of hydrogen-bond donors (Lipinski definition) is 0. The first-order valence-electron chi connectivity index (χ1n) is 21.5. The molecule has 66 heavy (non-hydrogen) atoms. The number of carbonyl (C=O) groups is 8. The molecule has 0 saturated carbocycles. The van der Waals surface area contributed by atoms with Crippen LogP contribution >= 0.6 is 0 Å². The van der Waals surface area contributed by atoms with Crippen molar-refractivity contribution in [1.82, 2.24) is 19.6 Å². The van der Waals surface area contributed by atoms with Gasteiger partial charge in [0.25, 0.3) is 47.3 Å². The molecule has 4 aromatic rings. The van der Waals surface area contributed by atoms with Crippen LogP contribution in [0.5, 0.6) is 0 Å². The summed E-state index contributed by atoms with van der Waals surface area (Å²) in [6.07, 6.45) is -4.26. The summed E-state index contributed by atoms with van der Waals surface area (Å²) in [5, 5.41) is 0. The van der Waals surface area contributed by atoms with Crippen molar-refractivity contribution in [2.24, 2.45) is 0 Å². The summed E-state index contributed by atoms with van der Waals surface area (Å²) in [5.41, 5.74) is 1.83. The highest BCUT2D eigenvalue weighted by Crippen LogP contribution is 2.29. The highest BCUT2D eigenvalue weighted by molar-refractivity contribution is 6.23. The van der Waals surface area contributed by atoms with Crippen LogP contribution in [0.25, 0.3) is 0 Å². The Balaban J connectivity index is 0.939. The van der Waals surface area contributed by atoms with Crippen molar-refractivity contribution in [3.05, 3.63) is 142 Å². The summed E-state index contributed by atoms with van der Waals surface area (Å²) < 4.78 is 37.1. The molecule has 0 aromatic heterocycles. The standard InChI is InChI=1S/C48H44N4O14/c53-41-29-9-1-2-10-30(29)42(54)49(41)25-37-38(26-50-43(55)31-11-3-4-12-32(31)44(50)56)64-22-18-62-20-24-66-40(28-52-47(59)35-15-7-8-16-36(35)48(52)60)39(65-23-19-61-17-21-63-37)27-51-45(57)33-13-5-6-14-34(33)46(51)58/h1-16,37-40H,17-28H2. The topological polar surface area (TPSA) is 205 Å². The van der Waals surface area contributed by atoms with E-state index in [1.165, 1.54) is 0 Å². The van der Waals surface area contributed by atoms with Crippen LogP contribution in [0.1, 0.15) is 82.9 Å².